The molecule has 0 rings (SSSR count). The van der Waals surface area contributed by atoms with Gasteiger partial charge in [0.05, 0.1) is 15.3 Å². The fourth-order valence-corrected chi connectivity index (χ4v) is 0. The van der Waals surface area contributed by atoms with Gasteiger partial charge in [0.1, 0.15) is 0 Å². The predicted molar refractivity (Wildman–Crippen MR) is 31.1 cm³/mol. The van der Waals surface area contributed by atoms with E-state index >= 15 is 0 Å². The molecule has 0 N–H and O–H groups in total. The molecule has 0 atom stereocenters. The summed E-state index contributed by atoms with van der Waals surface area (Å²) in [4.78, 5) is 24.8. The third-order valence-electron chi connectivity index (χ3n) is 0. The molecule has 0 unspecified atom stereocenters. The maximum Gasteiger partial charge on any atom is 0.0689 e. The Labute approximate surface area is 81.5 Å². The second-order valence-corrected chi connectivity index (χ2v) is 0.671. The van der Waals surface area contributed by atoms with Crippen molar-refractivity contribution in [1.29, 1.82) is 0 Å². The van der Waals surface area contributed by atoms with Gasteiger partial charge in [-0.3, -0.25) is 0 Å². The fourth-order valence-electron chi connectivity index (χ4n) is 0. The minimum absolute atomic E-state index is 0. The van der Waals surface area contributed by atoms with Gasteiger partial charge in [-0.1, -0.05) is 0 Å². The SMILES string of the molecule is O=[N+]([O-])[O-].O=[N+]([O-])[O-].O=[N+]([O-])[O-].[Zn]. The van der Waals surface area contributed by atoms with E-state index in [1.807, 2.05) is 0 Å². The first kappa shape index (κ1) is 22.5. The van der Waals surface area contributed by atoms with E-state index in [4.69, 9.17) is 46.0 Å². The van der Waals surface area contributed by atoms with Crippen molar-refractivity contribution in [1.82, 2.24) is 0 Å². The monoisotopic (exact) mass is 250 g/mol. The number of hydrogen-bond acceptors (Lipinski definition) is 9. The molecule has 0 amide bonds. The molecule has 0 spiro atoms. The molecule has 0 saturated carbocycles. The van der Waals surface area contributed by atoms with E-state index in [0.717, 1.165) is 0 Å². The van der Waals surface area contributed by atoms with Crippen LogP contribution in [0, 0.1) is 46.0 Å². The van der Waals surface area contributed by atoms with Gasteiger partial charge in [0.15, 0.2) is 0 Å². The van der Waals surface area contributed by atoms with Gasteiger partial charge in [0.25, 0.3) is 0 Å². The van der Waals surface area contributed by atoms with Crippen LogP contribution in [0.15, 0.2) is 0 Å². The molecule has 0 fully saturated rings. The minimum Gasteiger partial charge on any atom is -0.356 e. The average molecular weight is 251 g/mol. The maximum absolute atomic E-state index is 8.25. The van der Waals surface area contributed by atoms with Crippen molar-refractivity contribution < 1.29 is 34.7 Å². The number of nitrogens with zero attached hydrogens (tertiary/aromatic N) is 3. The van der Waals surface area contributed by atoms with Crippen LogP contribution in [0.2, 0.25) is 0 Å². The molecule has 0 aromatic carbocycles. The molecular weight excluding hydrogens is 251 g/mol. The summed E-state index contributed by atoms with van der Waals surface area (Å²) >= 11 is 0. The molecule has 13 heteroatoms. The second kappa shape index (κ2) is 16.7. The number of rotatable bonds is 0. The molecule has 13 heavy (non-hydrogen) atoms. The summed E-state index contributed by atoms with van der Waals surface area (Å²) in [6.45, 7) is 0. The molecule has 0 aliphatic heterocycles. The predicted octanol–water partition coefficient (Wildman–Crippen LogP) is -0.720. The van der Waals surface area contributed by atoms with Gasteiger partial charge >= 0.3 is 0 Å². The Kier molecular flexibility index (Phi) is 28.8. The largest absolute Gasteiger partial charge is 0.356 e. The molecule has 0 heterocycles. The standard InChI is InChI=1S/3NO3.Zn/c3*2-1(3)4;/q3*-1;. The molecule has 0 aromatic heterocycles. The smallest absolute Gasteiger partial charge is 0.0689 e. The molecule has 0 bridgehead atoms. The molecule has 0 aliphatic carbocycles. The summed E-state index contributed by atoms with van der Waals surface area (Å²) in [5.74, 6) is 0. The van der Waals surface area contributed by atoms with E-state index in [2.05, 4.69) is 0 Å². The van der Waals surface area contributed by atoms with E-state index in [-0.39, 0.29) is 19.5 Å². The van der Waals surface area contributed by atoms with E-state index in [1.54, 1.807) is 0 Å². The molecule has 0 aromatic rings. The van der Waals surface area contributed by atoms with E-state index < -0.39 is 15.3 Å². The topological polar surface area (TPSA) is 199 Å². The van der Waals surface area contributed by atoms with Crippen LogP contribution < -0.4 is 0 Å². The maximum atomic E-state index is 8.25. The Morgan fingerprint density at radius 1 is 0.538 bits per heavy atom. The zero-order chi connectivity index (χ0) is 10.7. The van der Waals surface area contributed by atoms with Gasteiger partial charge in [-0.25, -0.2) is 0 Å². The van der Waals surface area contributed by atoms with E-state index in [0.29, 0.717) is 0 Å². The van der Waals surface area contributed by atoms with Crippen LogP contribution in [-0.2, 0) is 19.5 Å². The fraction of sp³-hybridized carbons (Fsp3) is 0. The van der Waals surface area contributed by atoms with Gasteiger partial charge in [0, 0.05) is 19.5 Å². The van der Waals surface area contributed by atoms with Crippen LogP contribution in [-0.4, -0.2) is 15.3 Å². The van der Waals surface area contributed by atoms with Crippen LogP contribution in [0.1, 0.15) is 0 Å². The van der Waals surface area contributed by atoms with Gasteiger partial charge in [-0.05, 0) is 0 Å². The van der Waals surface area contributed by atoms with Gasteiger partial charge in [-0.2, -0.15) is 0 Å². The molecule has 0 radical (unpaired) electrons. The summed E-state index contributed by atoms with van der Waals surface area (Å²) in [5.41, 5.74) is 0. The summed E-state index contributed by atoms with van der Waals surface area (Å²) in [6.07, 6.45) is 0. The second-order valence-electron chi connectivity index (χ2n) is 0.671. The molecule has 0 aliphatic rings. The van der Waals surface area contributed by atoms with Crippen molar-refractivity contribution in [2.45, 2.75) is 0 Å². The van der Waals surface area contributed by atoms with Gasteiger partial charge in [0.2, 0.25) is 0 Å². The van der Waals surface area contributed by atoms with Gasteiger partial charge in [-0.15, -0.1) is 0 Å². The third kappa shape index (κ3) is 219. The van der Waals surface area contributed by atoms with Crippen LogP contribution >= 0.6 is 0 Å². The van der Waals surface area contributed by atoms with Crippen molar-refractivity contribution in [3.8, 4) is 0 Å². The normalized spacial score (nSPS) is 5.54. The Balaban J connectivity index is -0.0000000450. The summed E-state index contributed by atoms with van der Waals surface area (Å²) < 4.78 is 0. The zero-order valence-electron chi connectivity index (χ0n) is 5.72. The molecule has 0 saturated heterocycles. The summed E-state index contributed by atoms with van der Waals surface area (Å²) in [7, 11) is 0. The van der Waals surface area contributed by atoms with Crippen molar-refractivity contribution >= 4 is 0 Å². The summed E-state index contributed by atoms with van der Waals surface area (Å²) in [5, 5.41) is 44.2. The Morgan fingerprint density at radius 3 is 0.538 bits per heavy atom. The first-order valence-corrected chi connectivity index (χ1v) is 1.64. The molecular formula is N3O9Zn-3. The summed E-state index contributed by atoms with van der Waals surface area (Å²) in [6, 6.07) is 0. The Morgan fingerprint density at radius 2 is 0.538 bits per heavy atom. The minimum atomic E-state index is -1.75. The molecule has 74 valence electrons. The van der Waals surface area contributed by atoms with Crippen molar-refractivity contribution in [3.05, 3.63) is 46.0 Å². The van der Waals surface area contributed by atoms with Crippen LogP contribution in [0.4, 0.5) is 0 Å². The van der Waals surface area contributed by atoms with E-state index in [1.165, 1.54) is 0 Å². The zero-order valence-corrected chi connectivity index (χ0v) is 8.69. The van der Waals surface area contributed by atoms with Gasteiger partial charge < -0.3 is 46.0 Å². The Hall–Kier alpha value is -1.78. The van der Waals surface area contributed by atoms with Crippen LogP contribution in [0.25, 0.3) is 0 Å². The van der Waals surface area contributed by atoms with Crippen LogP contribution in [0.3, 0.4) is 0 Å². The van der Waals surface area contributed by atoms with E-state index in [9.17, 15) is 0 Å². The Bertz CT molecular complexity index is 112. The molecule has 12 nitrogen and oxygen atoms in total. The quantitative estimate of drug-likeness (QED) is 0.302. The van der Waals surface area contributed by atoms with Crippen molar-refractivity contribution in [2.24, 2.45) is 0 Å². The first-order valence-electron chi connectivity index (χ1n) is 1.64. The number of hydrogen-bond donors (Lipinski definition) is 0. The van der Waals surface area contributed by atoms with Crippen molar-refractivity contribution in [3.63, 3.8) is 0 Å². The van der Waals surface area contributed by atoms with Crippen LogP contribution in [0.5, 0.6) is 0 Å². The average Bonchev–Trinajstić information content (AvgIpc) is 1.54. The van der Waals surface area contributed by atoms with Crippen molar-refractivity contribution in [2.75, 3.05) is 0 Å². The first-order chi connectivity index (χ1) is 5.20. The third-order valence-corrected chi connectivity index (χ3v) is 0.